The fourth-order valence-electron chi connectivity index (χ4n) is 1.80. The average Bonchev–Trinajstić information content (AvgIpc) is 2.53. The second-order valence-corrected chi connectivity index (χ2v) is 4.10. The molecule has 1 fully saturated rings. The fraction of sp³-hybridized carbons (Fsp3) is 0.667. The van der Waals surface area contributed by atoms with Crippen LogP contribution >= 0.6 is 11.6 Å². The Bertz CT molecular complexity index is 276. The first-order valence-electron chi connectivity index (χ1n) is 4.64. The van der Waals surface area contributed by atoms with E-state index >= 15 is 0 Å². The molecule has 0 unspecified atom stereocenters. The molecule has 13 heavy (non-hydrogen) atoms. The van der Waals surface area contributed by atoms with Crippen molar-refractivity contribution in [2.24, 2.45) is 0 Å². The molecule has 3 nitrogen and oxygen atoms in total. The molecule has 0 atom stereocenters. The van der Waals surface area contributed by atoms with E-state index in [2.05, 4.69) is 21.9 Å². The van der Waals surface area contributed by atoms with E-state index in [0.717, 1.165) is 18.9 Å². The number of imidazole rings is 1. The van der Waals surface area contributed by atoms with Crippen molar-refractivity contribution in [1.29, 1.82) is 0 Å². The summed E-state index contributed by atoms with van der Waals surface area (Å²) in [6.45, 7) is 2.31. The van der Waals surface area contributed by atoms with E-state index < -0.39 is 0 Å². The monoisotopic (exact) mass is 199 g/mol. The van der Waals surface area contributed by atoms with Crippen molar-refractivity contribution >= 4 is 11.6 Å². The molecule has 0 aliphatic carbocycles. The average molecular weight is 200 g/mol. The first-order valence-corrected chi connectivity index (χ1v) is 5.02. The minimum absolute atomic E-state index is 0.573. The van der Waals surface area contributed by atoms with Crippen LogP contribution in [-0.2, 0) is 0 Å². The Labute approximate surface area is 83.1 Å². The van der Waals surface area contributed by atoms with Gasteiger partial charge in [-0.05, 0) is 33.0 Å². The van der Waals surface area contributed by atoms with E-state index in [1.807, 2.05) is 0 Å². The number of H-pyrrole nitrogens is 1. The summed E-state index contributed by atoms with van der Waals surface area (Å²) in [5, 5.41) is 0.647. The van der Waals surface area contributed by atoms with Gasteiger partial charge in [0, 0.05) is 5.92 Å². The zero-order valence-corrected chi connectivity index (χ0v) is 8.51. The molecule has 1 aromatic rings. The molecule has 1 aromatic heterocycles. The predicted octanol–water partition coefficient (Wildman–Crippen LogP) is 1.87. The number of likely N-dealkylation sites (tertiary alicyclic amines) is 1. The molecule has 1 N–H and O–H groups in total. The second-order valence-electron chi connectivity index (χ2n) is 3.69. The Kier molecular flexibility index (Phi) is 2.56. The maximum Gasteiger partial charge on any atom is 0.126 e. The first-order chi connectivity index (χ1) is 6.25. The molecule has 0 aromatic carbocycles. The van der Waals surface area contributed by atoms with Gasteiger partial charge in [-0.1, -0.05) is 11.6 Å². The summed E-state index contributed by atoms with van der Waals surface area (Å²) in [6, 6.07) is 0. The number of aromatic nitrogens is 2. The lowest BCUT2D eigenvalue weighted by Gasteiger charge is -2.27. The van der Waals surface area contributed by atoms with Crippen LogP contribution in [0.4, 0.5) is 0 Å². The Morgan fingerprint density at radius 2 is 2.23 bits per heavy atom. The van der Waals surface area contributed by atoms with Crippen LogP contribution in [0.1, 0.15) is 24.6 Å². The van der Waals surface area contributed by atoms with Crippen molar-refractivity contribution in [2.75, 3.05) is 20.1 Å². The molecular formula is C9H14ClN3. The molecule has 0 amide bonds. The Balaban J connectivity index is 2.02. The zero-order chi connectivity index (χ0) is 9.26. The number of piperidine rings is 1. The van der Waals surface area contributed by atoms with Gasteiger partial charge in [0.2, 0.25) is 0 Å². The van der Waals surface area contributed by atoms with Crippen molar-refractivity contribution in [1.82, 2.24) is 14.9 Å². The molecule has 1 saturated heterocycles. The predicted molar refractivity (Wildman–Crippen MR) is 53.1 cm³/mol. The van der Waals surface area contributed by atoms with E-state index in [1.54, 1.807) is 6.20 Å². The van der Waals surface area contributed by atoms with E-state index in [1.165, 1.54) is 12.8 Å². The molecule has 2 heterocycles. The lowest BCUT2D eigenvalue weighted by Crippen LogP contribution is -2.29. The highest BCUT2D eigenvalue weighted by Crippen LogP contribution is 2.25. The summed E-state index contributed by atoms with van der Waals surface area (Å²) in [5.74, 6) is 1.63. The van der Waals surface area contributed by atoms with Gasteiger partial charge < -0.3 is 9.88 Å². The maximum absolute atomic E-state index is 5.78. The standard InChI is InChI=1S/C9H14ClN3/c1-13-4-2-7(3-5-13)9-11-6-8(10)12-9/h6-7H,2-5H2,1H3,(H,11,12). The highest BCUT2D eigenvalue weighted by atomic mass is 35.5. The molecule has 0 spiro atoms. The van der Waals surface area contributed by atoms with Gasteiger partial charge >= 0.3 is 0 Å². The summed E-state index contributed by atoms with van der Waals surface area (Å²) in [5.41, 5.74) is 0. The van der Waals surface area contributed by atoms with Gasteiger partial charge in [-0.15, -0.1) is 0 Å². The van der Waals surface area contributed by atoms with Gasteiger partial charge in [0.05, 0.1) is 6.20 Å². The van der Waals surface area contributed by atoms with Crippen molar-refractivity contribution < 1.29 is 0 Å². The van der Waals surface area contributed by atoms with Crippen molar-refractivity contribution in [2.45, 2.75) is 18.8 Å². The van der Waals surface area contributed by atoms with Crippen molar-refractivity contribution in [3.63, 3.8) is 0 Å². The number of halogens is 1. The first kappa shape index (κ1) is 9.03. The van der Waals surface area contributed by atoms with Gasteiger partial charge in [-0.3, -0.25) is 0 Å². The van der Waals surface area contributed by atoms with Gasteiger partial charge in [0.25, 0.3) is 0 Å². The van der Waals surface area contributed by atoms with Crippen LogP contribution in [0, 0.1) is 0 Å². The van der Waals surface area contributed by atoms with Crippen LogP contribution in [0.25, 0.3) is 0 Å². The molecule has 0 saturated carbocycles. The molecule has 0 bridgehead atoms. The third-order valence-corrected chi connectivity index (χ3v) is 2.86. The summed E-state index contributed by atoms with van der Waals surface area (Å²) in [6.07, 6.45) is 4.05. The number of nitrogens with one attached hydrogen (secondary N) is 1. The molecule has 0 radical (unpaired) electrons. The maximum atomic E-state index is 5.78. The largest absolute Gasteiger partial charge is 0.333 e. The van der Waals surface area contributed by atoms with Crippen LogP contribution in [0.3, 0.4) is 0 Å². The third kappa shape index (κ3) is 2.03. The second kappa shape index (κ2) is 3.68. The van der Waals surface area contributed by atoms with Crippen LogP contribution < -0.4 is 0 Å². The number of rotatable bonds is 1. The summed E-state index contributed by atoms with van der Waals surface area (Å²) < 4.78 is 0. The molecule has 1 aliphatic heterocycles. The van der Waals surface area contributed by atoms with E-state index in [-0.39, 0.29) is 0 Å². The van der Waals surface area contributed by atoms with E-state index in [0.29, 0.717) is 11.1 Å². The lowest BCUT2D eigenvalue weighted by molar-refractivity contribution is 0.251. The van der Waals surface area contributed by atoms with Crippen molar-refractivity contribution in [3.8, 4) is 0 Å². The van der Waals surface area contributed by atoms with Gasteiger partial charge in [0.1, 0.15) is 11.0 Å². The summed E-state index contributed by atoms with van der Waals surface area (Å²) in [4.78, 5) is 9.70. The highest BCUT2D eigenvalue weighted by molar-refractivity contribution is 6.29. The van der Waals surface area contributed by atoms with Gasteiger partial charge in [-0.25, -0.2) is 4.98 Å². The molecule has 4 heteroatoms. The van der Waals surface area contributed by atoms with Gasteiger partial charge in [0.15, 0.2) is 0 Å². The molecule has 72 valence electrons. The summed E-state index contributed by atoms with van der Waals surface area (Å²) >= 11 is 5.78. The number of aromatic amines is 1. The smallest absolute Gasteiger partial charge is 0.126 e. The topological polar surface area (TPSA) is 31.9 Å². The normalized spacial score (nSPS) is 20.8. The van der Waals surface area contributed by atoms with Crippen LogP contribution in [0.15, 0.2) is 6.20 Å². The quantitative estimate of drug-likeness (QED) is 0.749. The van der Waals surface area contributed by atoms with E-state index in [9.17, 15) is 0 Å². The number of nitrogens with zero attached hydrogens (tertiary/aromatic N) is 2. The van der Waals surface area contributed by atoms with Crippen LogP contribution in [0.5, 0.6) is 0 Å². The third-order valence-electron chi connectivity index (χ3n) is 2.67. The highest BCUT2D eigenvalue weighted by Gasteiger charge is 2.20. The Morgan fingerprint density at radius 1 is 1.54 bits per heavy atom. The van der Waals surface area contributed by atoms with E-state index in [4.69, 9.17) is 11.6 Å². The molecule has 2 rings (SSSR count). The number of hydrogen-bond donors (Lipinski definition) is 1. The van der Waals surface area contributed by atoms with Gasteiger partial charge in [-0.2, -0.15) is 0 Å². The minimum atomic E-state index is 0.573. The Hall–Kier alpha value is -0.540. The SMILES string of the molecule is CN1CCC(c2ncc(Cl)[nH]2)CC1. The minimum Gasteiger partial charge on any atom is -0.333 e. The lowest BCUT2D eigenvalue weighted by atomic mass is 9.97. The Morgan fingerprint density at radius 3 is 2.77 bits per heavy atom. The zero-order valence-electron chi connectivity index (χ0n) is 7.76. The van der Waals surface area contributed by atoms with Crippen LogP contribution in [-0.4, -0.2) is 35.0 Å². The molecular weight excluding hydrogens is 186 g/mol. The summed E-state index contributed by atoms with van der Waals surface area (Å²) in [7, 11) is 2.16. The number of hydrogen-bond acceptors (Lipinski definition) is 2. The van der Waals surface area contributed by atoms with Crippen molar-refractivity contribution in [3.05, 3.63) is 17.2 Å². The molecule has 1 aliphatic rings. The fourth-order valence-corrected chi connectivity index (χ4v) is 1.95. The van der Waals surface area contributed by atoms with Crippen LogP contribution in [0.2, 0.25) is 5.15 Å².